The summed E-state index contributed by atoms with van der Waals surface area (Å²) < 4.78 is 11.9. The van der Waals surface area contributed by atoms with Gasteiger partial charge in [0.25, 0.3) is 0 Å². The number of esters is 1. The molecule has 0 aliphatic heterocycles. The highest BCUT2D eigenvalue weighted by molar-refractivity contribution is 5.70. The Morgan fingerprint density at radius 2 is 2.17 bits per heavy atom. The molecule has 0 spiro atoms. The van der Waals surface area contributed by atoms with E-state index in [-0.39, 0.29) is 18.6 Å². The summed E-state index contributed by atoms with van der Waals surface area (Å²) in [5, 5.41) is 7.17. The first kappa shape index (κ1) is 17.3. The monoisotopic (exact) mass is 323 g/mol. The van der Waals surface area contributed by atoms with Gasteiger partial charge < -0.3 is 14.8 Å². The normalized spacial score (nSPS) is 17.3. The van der Waals surface area contributed by atoms with Gasteiger partial charge in [0.1, 0.15) is 12.1 Å². The van der Waals surface area contributed by atoms with Crippen molar-refractivity contribution >= 4 is 12.1 Å². The molecule has 0 fully saturated rings. The van der Waals surface area contributed by atoms with E-state index in [1.165, 1.54) is 0 Å². The lowest BCUT2D eigenvalue weighted by molar-refractivity contribution is -0.144. The summed E-state index contributed by atoms with van der Waals surface area (Å²) >= 11 is 0. The summed E-state index contributed by atoms with van der Waals surface area (Å²) in [5.41, 5.74) is 1.38. The summed E-state index contributed by atoms with van der Waals surface area (Å²) in [6.07, 6.45) is 3.95. The van der Waals surface area contributed by atoms with Crippen LogP contribution in [0.25, 0.3) is 0 Å². The van der Waals surface area contributed by atoms with Crippen LogP contribution in [0.4, 0.5) is 4.79 Å². The van der Waals surface area contributed by atoms with Crippen LogP contribution in [0.1, 0.15) is 57.8 Å². The van der Waals surface area contributed by atoms with Crippen molar-refractivity contribution in [1.29, 1.82) is 0 Å². The zero-order valence-electron chi connectivity index (χ0n) is 14.2. The van der Waals surface area contributed by atoms with Crippen molar-refractivity contribution in [3.05, 3.63) is 17.5 Å². The number of carbonyl (C=O) groups is 2. The van der Waals surface area contributed by atoms with Crippen LogP contribution in [-0.2, 0) is 27.2 Å². The second-order valence-electron chi connectivity index (χ2n) is 6.61. The molecule has 2 rings (SSSR count). The lowest BCUT2D eigenvalue weighted by Crippen LogP contribution is -2.37. The number of fused-ring (bicyclic) bond motifs is 1. The van der Waals surface area contributed by atoms with Crippen LogP contribution in [0.5, 0.6) is 0 Å². The maximum atomic E-state index is 12.0. The second kappa shape index (κ2) is 7.02. The van der Waals surface area contributed by atoms with E-state index in [1.54, 1.807) is 17.8 Å². The van der Waals surface area contributed by atoms with E-state index in [4.69, 9.17) is 9.47 Å². The van der Waals surface area contributed by atoms with E-state index in [2.05, 4.69) is 10.4 Å². The fraction of sp³-hybridized carbons (Fsp3) is 0.688. The molecule has 1 aliphatic carbocycles. The fourth-order valence-electron chi connectivity index (χ4n) is 2.71. The minimum Gasteiger partial charge on any atom is -0.465 e. The number of hydrogen-bond donors (Lipinski definition) is 1. The zero-order chi connectivity index (χ0) is 17.0. The molecule has 1 N–H and O–H groups in total. The number of rotatable bonds is 4. The van der Waals surface area contributed by atoms with Gasteiger partial charge in [-0.2, -0.15) is 5.10 Å². The molecule has 1 unspecified atom stereocenters. The van der Waals surface area contributed by atoms with Gasteiger partial charge in [-0.25, -0.2) is 4.79 Å². The minimum atomic E-state index is -0.549. The number of hydrogen-bond acceptors (Lipinski definition) is 5. The van der Waals surface area contributed by atoms with E-state index in [0.29, 0.717) is 6.61 Å². The predicted octanol–water partition coefficient (Wildman–Crippen LogP) is 2.35. The van der Waals surface area contributed by atoms with Gasteiger partial charge in [-0.1, -0.05) is 0 Å². The van der Waals surface area contributed by atoms with Crippen molar-refractivity contribution in [2.45, 2.75) is 65.1 Å². The van der Waals surface area contributed by atoms with Crippen LogP contribution in [0, 0.1) is 0 Å². The number of alkyl carbamates (subject to hydrolysis) is 1. The van der Waals surface area contributed by atoms with Crippen LogP contribution in [0.3, 0.4) is 0 Å². The van der Waals surface area contributed by atoms with Crippen LogP contribution in [-0.4, -0.2) is 34.1 Å². The molecule has 0 bridgehead atoms. The van der Waals surface area contributed by atoms with Crippen molar-refractivity contribution < 1.29 is 19.1 Å². The van der Waals surface area contributed by atoms with Gasteiger partial charge in [-0.3, -0.25) is 9.48 Å². The molecule has 0 saturated heterocycles. The number of nitrogens with zero attached hydrogens (tertiary/aromatic N) is 2. The van der Waals surface area contributed by atoms with Crippen LogP contribution >= 0.6 is 0 Å². The highest BCUT2D eigenvalue weighted by Gasteiger charge is 2.28. The third-order valence-electron chi connectivity index (χ3n) is 3.50. The van der Waals surface area contributed by atoms with Crippen LogP contribution in [0.15, 0.2) is 6.20 Å². The van der Waals surface area contributed by atoms with Crippen LogP contribution in [0.2, 0.25) is 0 Å². The number of amides is 1. The van der Waals surface area contributed by atoms with Crippen LogP contribution < -0.4 is 5.32 Å². The smallest absolute Gasteiger partial charge is 0.408 e. The molecule has 0 saturated carbocycles. The number of aromatic nitrogens is 2. The van der Waals surface area contributed by atoms with Gasteiger partial charge in [-0.05, 0) is 52.5 Å². The third kappa shape index (κ3) is 4.71. The minimum absolute atomic E-state index is 0.0513. The first-order chi connectivity index (χ1) is 10.8. The molecule has 7 nitrogen and oxygen atoms in total. The number of nitrogens with one attached hydrogen (secondary N) is 1. The Balaban J connectivity index is 2.12. The van der Waals surface area contributed by atoms with Gasteiger partial charge in [0, 0.05) is 0 Å². The molecule has 1 aliphatic rings. The summed E-state index contributed by atoms with van der Waals surface area (Å²) in [7, 11) is 0. The molecule has 128 valence electrons. The molecular weight excluding hydrogens is 298 g/mol. The molecule has 23 heavy (non-hydrogen) atoms. The van der Waals surface area contributed by atoms with E-state index < -0.39 is 11.7 Å². The quantitative estimate of drug-likeness (QED) is 0.860. The largest absolute Gasteiger partial charge is 0.465 e. The molecule has 1 aromatic heterocycles. The summed E-state index contributed by atoms with van der Waals surface area (Å²) in [6.45, 7) is 7.62. The highest BCUT2D eigenvalue weighted by Crippen LogP contribution is 2.30. The summed E-state index contributed by atoms with van der Waals surface area (Å²) in [6, 6.07) is -0.203. The van der Waals surface area contributed by atoms with Crippen molar-refractivity contribution in [3.63, 3.8) is 0 Å². The standard InChI is InChI=1S/C16H25N3O4/c1-5-22-13(20)10-19-14-11(9-17-19)7-6-8-12(14)18-15(21)23-16(2,3)4/h9,12H,5-8,10H2,1-4H3,(H,18,21). The van der Waals surface area contributed by atoms with Gasteiger partial charge >= 0.3 is 12.1 Å². The Labute approximate surface area is 136 Å². The van der Waals surface area contributed by atoms with Crippen molar-refractivity contribution in [1.82, 2.24) is 15.1 Å². The molecule has 0 radical (unpaired) electrons. The first-order valence-electron chi connectivity index (χ1n) is 8.00. The molecule has 1 amide bonds. The molecule has 7 heteroatoms. The highest BCUT2D eigenvalue weighted by atomic mass is 16.6. The number of ether oxygens (including phenoxy) is 2. The fourth-order valence-corrected chi connectivity index (χ4v) is 2.71. The topological polar surface area (TPSA) is 82.5 Å². The SMILES string of the molecule is CCOC(=O)Cn1ncc2c1C(NC(=O)OC(C)(C)C)CCC2. The Bertz CT molecular complexity index is 574. The van der Waals surface area contributed by atoms with E-state index >= 15 is 0 Å². The Morgan fingerprint density at radius 1 is 1.43 bits per heavy atom. The van der Waals surface area contributed by atoms with Crippen molar-refractivity contribution in [3.8, 4) is 0 Å². The summed E-state index contributed by atoms with van der Waals surface area (Å²) in [4.78, 5) is 23.8. The average molecular weight is 323 g/mol. The van der Waals surface area contributed by atoms with Gasteiger partial charge in [0.15, 0.2) is 0 Å². The lowest BCUT2D eigenvalue weighted by Gasteiger charge is -2.27. The van der Waals surface area contributed by atoms with Gasteiger partial charge in [0.05, 0.1) is 24.5 Å². The maximum Gasteiger partial charge on any atom is 0.408 e. The van der Waals surface area contributed by atoms with Crippen molar-refractivity contribution in [2.75, 3.05) is 6.61 Å². The van der Waals surface area contributed by atoms with E-state index in [0.717, 1.165) is 30.5 Å². The van der Waals surface area contributed by atoms with Gasteiger partial charge in [0.2, 0.25) is 0 Å². The average Bonchev–Trinajstić information content (AvgIpc) is 2.81. The predicted molar refractivity (Wildman–Crippen MR) is 83.9 cm³/mol. The molecule has 1 atom stereocenters. The Morgan fingerprint density at radius 3 is 2.83 bits per heavy atom. The van der Waals surface area contributed by atoms with Crippen molar-refractivity contribution in [2.24, 2.45) is 0 Å². The summed E-state index contributed by atoms with van der Waals surface area (Å²) in [5.74, 6) is -0.333. The van der Waals surface area contributed by atoms with E-state index in [9.17, 15) is 9.59 Å². The molecule has 1 aromatic rings. The zero-order valence-corrected chi connectivity index (χ0v) is 14.2. The third-order valence-corrected chi connectivity index (χ3v) is 3.50. The Hall–Kier alpha value is -2.05. The maximum absolute atomic E-state index is 12.0. The molecular formula is C16H25N3O4. The second-order valence-corrected chi connectivity index (χ2v) is 6.61. The molecule has 1 heterocycles. The Kier molecular flexibility index (Phi) is 5.28. The van der Waals surface area contributed by atoms with E-state index in [1.807, 2.05) is 20.8 Å². The number of carbonyl (C=O) groups excluding carboxylic acids is 2. The lowest BCUT2D eigenvalue weighted by atomic mass is 9.93. The van der Waals surface area contributed by atoms with Gasteiger partial charge in [-0.15, -0.1) is 0 Å². The number of aryl methyl sites for hydroxylation is 1. The first-order valence-corrected chi connectivity index (χ1v) is 8.00. The molecule has 0 aromatic carbocycles.